The highest BCUT2D eigenvalue weighted by molar-refractivity contribution is 7.92. The van der Waals surface area contributed by atoms with Gasteiger partial charge in [0.2, 0.25) is 0 Å². The standard InChI is InChI=1S/C19H22N2O5S2/c1-27(23,24)17-9-11-18(12-10-17)28(25,26)20-16-7-5-15(6-8-16)19(22)21-13-3-2-4-14-21/h5-12,20H,2-4,13-14H2,1H3. The van der Waals surface area contributed by atoms with Crippen molar-refractivity contribution in [3.05, 3.63) is 54.1 Å². The van der Waals surface area contributed by atoms with Crippen LogP contribution in [0.4, 0.5) is 5.69 Å². The lowest BCUT2D eigenvalue weighted by Crippen LogP contribution is -2.35. The van der Waals surface area contributed by atoms with Gasteiger partial charge in [-0.15, -0.1) is 0 Å². The summed E-state index contributed by atoms with van der Waals surface area (Å²) in [6.45, 7) is 1.49. The van der Waals surface area contributed by atoms with E-state index in [4.69, 9.17) is 0 Å². The first-order valence-electron chi connectivity index (χ1n) is 8.89. The first-order chi connectivity index (χ1) is 13.2. The highest BCUT2D eigenvalue weighted by Gasteiger charge is 2.19. The zero-order valence-corrected chi connectivity index (χ0v) is 17.1. The maximum absolute atomic E-state index is 12.5. The number of sulfone groups is 1. The number of rotatable bonds is 5. The Morgan fingerprint density at radius 3 is 1.89 bits per heavy atom. The van der Waals surface area contributed by atoms with Gasteiger partial charge in [0, 0.05) is 30.6 Å². The fourth-order valence-corrected chi connectivity index (χ4v) is 4.73. The minimum Gasteiger partial charge on any atom is -0.339 e. The van der Waals surface area contributed by atoms with Gasteiger partial charge in [0.05, 0.1) is 9.79 Å². The van der Waals surface area contributed by atoms with E-state index in [-0.39, 0.29) is 15.7 Å². The number of carbonyl (C=O) groups is 1. The minimum absolute atomic E-state index is 0.0478. The molecule has 1 heterocycles. The molecule has 1 aliphatic rings. The largest absolute Gasteiger partial charge is 0.339 e. The summed E-state index contributed by atoms with van der Waals surface area (Å²) in [4.78, 5) is 14.3. The molecule has 2 aromatic carbocycles. The first kappa shape index (κ1) is 20.3. The number of sulfonamides is 1. The van der Waals surface area contributed by atoms with Crippen molar-refractivity contribution in [1.29, 1.82) is 0 Å². The topological polar surface area (TPSA) is 101 Å². The molecule has 1 N–H and O–H groups in total. The molecular formula is C19H22N2O5S2. The molecule has 2 aromatic rings. The number of hydrogen-bond acceptors (Lipinski definition) is 5. The van der Waals surface area contributed by atoms with Crippen LogP contribution < -0.4 is 4.72 Å². The van der Waals surface area contributed by atoms with Gasteiger partial charge in [-0.1, -0.05) is 0 Å². The Balaban J connectivity index is 1.73. The van der Waals surface area contributed by atoms with E-state index in [1.165, 1.54) is 24.3 Å². The Bertz CT molecular complexity index is 1050. The van der Waals surface area contributed by atoms with Gasteiger partial charge >= 0.3 is 0 Å². The van der Waals surface area contributed by atoms with Crippen LogP contribution in [0.2, 0.25) is 0 Å². The van der Waals surface area contributed by atoms with Gasteiger partial charge in [-0.2, -0.15) is 0 Å². The number of nitrogens with zero attached hydrogens (tertiary/aromatic N) is 1. The van der Waals surface area contributed by atoms with Gasteiger partial charge in [0.1, 0.15) is 0 Å². The van der Waals surface area contributed by atoms with Crippen molar-refractivity contribution in [2.24, 2.45) is 0 Å². The summed E-state index contributed by atoms with van der Waals surface area (Å²) in [5.41, 5.74) is 0.838. The fraction of sp³-hybridized carbons (Fsp3) is 0.316. The second kappa shape index (κ2) is 7.92. The maximum atomic E-state index is 12.5. The SMILES string of the molecule is CS(=O)(=O)c1ccc(S(=O)(=O)Nc2ccc(C(=O)N3CCCCC3)cc2)cc1. The van der Waals surface area contributed by atoms with Crippen LogP contribution >= 0.6 is 0 Å². The van der Waals surface area contributed by atoms with Gasteiger partial charge < -0.3 is 4.90 Å². The van der Waals surface area contributed by atoms with Crippen LogP contribution in [0, 0.1) is 0 Å². The Morgan fingerprint density at radius 1 is 0.821 bits per heavy atom. The summed E-state index contributed by atoms with van der Waals surface area (Å²) < 4.78 is 50.4. The van der Waals surface area contributed by atoms with Crippen LogP contribution in [0.1, 0.15) is 29.6 Å². The maximum Gasteiger partial charge on any atom is 0.261 e. The molecule has 0 radical (unpaired) electrons. The van der Waals surface area contributed by atoms with E-state index in [1.807, 2.05) is 4.90 Å². The molecule has 1 amide bonds. The summed E-state index contributed by atoms with van der Waals surface area (Å²) in [5.74, 6) is -0.0505. The van der Waals surface area contributed by atoms with Gasteiger partial charge in [0.15, 0.2) is 9.84 Å². The molecular weight excluding hydrogens is 400 g/mol. The number of carbonyl (C=O) groups excluding carboxylic acids is 1. The monoisotopic (exact) mass is 422 g/mol. The van der Waals surface area contributed by atoms with Gasteiger partial charge in [-0.25, -0.2) is 16.8 Å². The average molecular weight is 423 g/mol. The zero-order valence-electron chi connectivity index (χ0n) is 15.5. The summed E-state index contributed by atoms with van der Waals surface area (Å²) in [5, 5.41) is 0. The van der Waals surface area contributed by atoms with E-state index < -0.39 is 19.9 Å². The molecule has 150 valence electrons. The second-order valence-corrected chi connectivity index (χ2v) is 10.5. The smallest absolute Gasteiger partial charge is 0.261 e. The van der Waals surface area contributed by atoms with E-state index in [1.54, 1.807) is 24.3 Å². The fourth-order valence-electron chi connectivity index (χ4n) is 3.04. The quantitative estimate of drug-likeness (QED) is 0.798. The molecule has 7 nitrogen and oxygen atoms in total. The van der Waals surface area contributed by atoms with Crippen LogP contribution in [0.15, 0.2) is 58.3 Å². The second-order valence-electron chi connectivity index (χ2n) is 6.78. The van der Waals surface area contributed by atoms with Crippen molar-refractivity contribution in [1.82, 2.24) is 4.90 Å². The van der Waals surface area contributed by atoms with E-state index >= 15 is 0 Å². The molecule has 0 unspecified atom stereocenters. The third-order valence-corrected chi connectivity index (χ3v) is 7.12. The van der Waals surface area contributed by atoms with Crippen molar-refractivity contribution < 1.29 is 21.6 Å². The summed E-state index contributed by atoms with van der Waals surface area (Å²) in [6.07, 6.45) is 4.20. The molecule has 0 saturated carbocycles. The lowest BCUT2D eigenvalue weighted by molar-refractivity contribution is 0.0724. The molecule has 28 heavy (non-hydrogen) atoms. The highest BCUT2D eigenvalue weighted by atomic mass is 32.2. The Labute approximate surface area is 165 Å². The molecule has 0 aromatic heterocycles. The molecule has 1 saturated heterocycles. The van der Waals surface area contributed by atoms with Crippen LogP contribution in [-0.2, 0) is 19.9 Å². The lowest BCUT2D eigenvalue weighted by atomic mass is 10.1. The lowest BCUT2D eigenvalue weighted by Gasteiger charge is -2.26. The van der Waals surface area contributed by atoms with Crippen molar-refractivity contribution in [2.45, 2.75) is 29.1 Å². The molecule has 0 spiro atoms. The predicted molar refractivity (Wildman–Crippen MR) is 107 cm³/mol. The number of likely N-dealkylation sites (tertiary alicyclic amines) is 1. The summed E-state index contributed by atoms with van der Waals surface area (Å²) in [7, 11) is -7.27. The average Bonchev–Trinajstić information content (AvgIpc) is 2.68. The highest BCUT2D eigenvalue weighted by Crippen LogP contribution is 2.20. The normalized spacial score (nSPS) is 15.2. The van der Waals surface area contributed by atoms with Crippen molar-refractivity contribution in [3.63, 3.8) is 0 Å². The van der Waals surface area contributed by atoms with E-state index in [0.717, 1.165) is 38.6 Å². The van der Waals surface area contributed by atoms with Gasteiger partial charge in [-0.3, -0.25) is 9.52 Å². The summed E-state index contributed by atoms with van der Waals surface area (Å²) >= 11 is 0. The molecule has 9 heteroatoms. The van der Waals surface area contributed by atoms with Crippen molar-refractivity contribution >= 4 is 31.5 Å². The molecule has 3 rings (SSSR count). The number of benzene rings is 2. The van der Waals surface area contributed by atoms with Crippen molar-refractivity contribution in [3.8, 4) is 0 Å². The third kappa shape index (κ3) is 4.71. The van der Waals surface area contributed by atoms with Crippen LogP contribution in [0.5, 0.6) is 0 Å². The van der Waals surface area contributed by atoms with Gasteiger partial charge in [-0.05, 0) is 67.8 Å². The first-order valence-corrected chi connectivity index (χ1v) is 12.3. The van der Waals surface area contributed by atoms with Crippen LogP contribution in [0.25, 0.3) is 0 Å². The number of hydrogen-bond donors (Lipinski definition) is 1. The number of piperidine rings is 1. The molecule has 0 aliphatic carbocycles. The molecule has 0 atom stereocenters. The Morgan fingerprint density at radius 2 is 1.36 bits per heavy atom. The number of nitrogens with one attached hydrogen (secondary N) is 1. The molecule has 1 fully saturated rings. The van der Waals surface area contributed by atoms with E-state index in [9.17, 15) is 21.6 Å². The van der Waals surface area contributed by atoms with Crippen LogP contribution in [0.3, 0.4) is 0 Å². The Kier molecular flexibility index (Phi) is 5.76. The summed E-state index contributed by atoms with van der Waals surface area (Å²) in [6, 6.07) is 11.3. The van der Waals surface area contributed by atoms with Crippen LogP contribution in [-0.4, -0.2) is 47.0 Å². The number of amides is 1. The molecule has 1 aliphatic heterocycles. The van der Waals surface area contributed by atoms with E-state index in [0.29, 0.717) is 11.3 Å². The third-order valence-electron chi connectivity index (χ3n) is 4.59. The Hall–Kier alpha value is -2.39. The van der Waals surface area contributed by atoms with E-state index in [2.05, 4.69) is 4.72 Å². The minimum atomic E-state index is -3.87. The zero-order chi connectivity index (χ0) is 20.4. The number of anilines is 1. The predicted octanol–water partition coefficient (Wildman–Crippen LogP) is 2.52. The van der Waals surface area contributed by atoms with Gasteiger partial charge in [0.25, 0.3) is 15.9 Å². The molecule has 0 bridgehead atoms. The van der Waals surface area contributed by atoms with Crippen molar-refractivity contribution in [2.75, 3.05) is 24.1 Å².